The minimum atomic E-state index is 1.18. The third-order valence-electron chi connectivity index (χ3n) is 3.80. The molecule has 1 rings (SSSR count). The number of hydrogen-bond acceptors (Lipinski definition) is 0. The molecule has 0 radical (unpaired) electrons. The van der Waals surface area contributed by atoms with Gasteiger partial charge < -0.3 is 0 Å². The standard InChI is InChI=1S/C18H32N/c1-3-5-7-8-9-11-15-19-16-13-18(14-17-19)12-10-6-4-2/h13-14,16-17H,3-12,15H2,1-2H3/q+1. The van der Waals surface area contributed by atoms with Crippen LogP contribution in [0.3, 0.4) is 0 Å². The Kier molecular flexibility index (Phi) is 9.40. The first-order chi connectivity index (χ1) is 9.36. The molecule has 0 aliphatic carbocycles. The fourth-order valence-corrected chi connectivity index (χ4v) is 2.46. The summed E-state index contributed by atoms with van der Waals surface area (Å²) in [5, 5.41) is 0. The second kappa shape index (κ2) is 11.0. The fourth-order valence-electron chi connectivity index (χ4n) is 2.46. The van der Waals surface area contributed by atoms with Gasteiger partial charge in [-0.3, -0.25) is 0 Å². The summed E-state index contributed by atoms with van der Waals surface area (Å²) in [5.41, 5.74) is 1.49. The highest BCUT2D eigenvalue weighted by atomic mass is 14.9. The van der Waals surface area contributed by atoms with E-state index in [2.05, 4.69) is 42.9 Å². The topological polar surface area (TPSA) is 3.88 Å². The molecule has 1 heteroatoms. The fraction of sp³-hybridized carbons (Fsp3) is 0.722. The van der Waals surface area contributed by atoms with E-state index in [1.54, 1.807) is 0 Å². The predicted molar refractivity (Wildman–Crippen MR) is 83.2 cm³/mol. The summed E-state index contributed by atoms with van der Waals surface area (Å²) in [4.78, 5) is 0. The summed E-state index contributed by atoms with van der Waals surface area (Å²) < 4.78 is 2.34. The highest BCUT2D eigenvalue weighted by Gasteiger charge is 2.01. The van der Waals surface area contributed by atoms with E-state index in [0.29, 0.717) is 0 Å². The first-order valence-electron chi connectivity index (χ1n) is 8.34. The lowest BCUT2D eigenvalue weighted by molar-refractivity contribution is -0.697. The minimum Gasteiger partial charge on any atom is -0.205 e. The molecule has 1 heterocycles. The molecule has 0 aliphatic heterocycles. The second-order valence-electron chi connectivity index (χ2n) is 5.67. The van der Waals surface area contributed by atoms with Gasteiger partial charge in [-0.05, 0) is 24.8 Å². The van der Waals surface area contributed by atoms with E-state index in [9.17, 15) is 0 Å². The van der Waals surface area contributed by atoms with Gasteiger partial charge in [-0.2, -0.15) is 0 Å². The Labute approximate surface area is 120 Å². The molecule has 0 amide bonds. The van der Waals surface area contributed by atoms with E-state index in [4.69, 9.17) is 0 Å². The van der Waals surface area contributed by atoms with Crippen LogP contribution in [0.2, 0.25) is 0 Å². The first-order valence-corrected chi connectivity index (χ1v) is 8.34. The summed E-state index contributed by atoms with van der Waals surface area (Å²) in [6.45, 7) is 5.72. The Morgan fingerprint density at radius 1 is 0.737 bits per heavy atom. The maximum atomic E-state index is 2.34. The van der Waals surface area contributed by atoms with Crippen molar-refractivity contribution in [2.75, 3.05) is 0 Å². The molecule has 0 N–H and O–H groups in total. The van der Waals surface area contributed by atoms with Crippen LogP contribution in [0.4, 0.5) is 0 Å². The number of nitrogens with zero attached hydrogens (tertiary/aromatic N) is 1. The van der Waals surface area contributed by atoms with Crippen molar-refractivity contribution in [2.24, 2.45) is 0 Å². The quantitative estimate of drug-likeness (QED) is 0.387. The molecule has 0 aromatic carbocycles. The van der Waals surface area contributed by atoms with Crippen molar-refractivity contribution in [3.63, 3.8) is 0 Å². The monoisotopic (exact) mass is 262 g/mol. The molecule has 0 saturated carbocycles. The van der Waals surface area contributed by atoms with Gasteiger partial charge in [0.2, 0.25) is 0 Å². The third kappa shape index (κ3) is 8.02. The number of aryl methyl sites for hydroxylation is 2. The van der Waals surface area contributed by atoms with Crippen LogP contribution >= 0.6 is 0 Å². The molecule has 0 saturated heterocycles. The van der Waals surface area contributed by atoms with Gasteiger partial charge in [0.05, 0.1) is 0 Å². The molecule has 1 aromatic rings. The zero-order valence-electron chi connectivity index (χ0n) is 13.0. The number of aromatic nitrogens is 1. The average molecular weight is 262 g/mol. The van der Waals surface area contributed by atoms with Gasteiger partial charge in [-0.25, -0.2) is 4.57 Å². The van der Waals surface area contributed by atoms with Gasteiger partial charge in [0.15, 0.2) is 12.4 Å². The van der Waals surface area contributed by atoms with Crippen molar-refractivity contribution >= 4 is 0 Å². The van der Waals surface area contributed by atoms with Crippen LogP contribution in [-0.2, 0) is 13.0 Å². The zero-order chi connectivity index (χ0) is 13.8. The van der Waals surface area contributed by atoms with Crippen LogP contribution in [0.1, 0.15) is 77.2 Å². The van der Waals surface area contributed by atoms with Crippen LogP contribution in [0.15, 0.2) is 24.5 Å². The average Bonchev–Trinajstić information content (AvgIpc) is 2.44. The summed E-state index contributed by atoms with van der Waals surface area (Å²) in [5.74, 6) is 0. The third-order valence-corrected chi connectivity index (χ3v) is 3.80. The van der Waals surface area contributed by atoms with Crippen LogP contribution in [0, 0.1) is 0 Å². The van der Waals surface area contributed by atoms with Crippen molar-refractivity contribution in [2.45, 2.75) is 84.6 Å². The lowest BCUT2D eigenvalue weighted by atomic mass is 10.1. The molecular weight excluding hydrogens is 230 g/mol. The van der Waals surface area contributed by atoms with E-state index < -0.39 is 0 Å². The summed E-state index contributed by atoms with van der Waals surface area (Å²) in [6.07, 6.45) is 18.0. The Balaban J connectivity index is 2.13. The maximum Gasteiger partial charge on any atom is 0.169 e. The first kappa shape index (κ1) is 16.2. The molecule has 0 atom stereocenters. The Morgan fingerprint density at radius 2 is 1.32 bits per heavy atom. The van der Waals surface area contributed by atoms with Gasteiger partial charge in [-0.1, -0.05) is 52.4 Å². The number of pyridine rings is 1. The summed E-state index contributed by atoms with van der Waals surface area (Å²) >= 11 is 0. The molecule has 19 heavy (non-hydrogen) atoms. The summed E-state index contributed by atoms with van der Waals surface area (Å²) in [6, 6.07) is 4.60. The van der Waals surface area contributed by atoms with Gasteiger partial charge in [0, 0.05) is 18.6 Å². The van der Waals surface area contributed by atoms with Crippen LogP contribution in [-0.4, -0.2) is 0 Å². The highest BCUT2D eigenvalue weighted by molar-refractivity contribution is 5.07. The van der Waals surface area contributed by atoms with Gasteiger partial charge in [0.1, 0.15) is 6.54 Å². The second-order valence-corrected chi connectivity index (χ2v) is 5.67. The molecule has 0 unspecified atom stereocenters. The van der Waals surface area contributed by atoms with Crippen LogP contribution in [0.5, 0.6) is 0 Å². The number of rotatable bonds is 11. The molecule has 0 fully saturated rings. The number of unbranched alkanes of at least 4 members (excludes halogenated alkanes) is 7. The number of hydrogen-bond donors (Lipinski definition) is 0. The van der Waals surface area contributed by atoms with Crippen molar-refractivity contribution in [3.8, 4) is 0 Å². The largest absolute Gasteiger partial charge is 0.205 e. The minimum absolute atomic E-state index is 1.18. The van der Waals surface area contributed by atoms with Crippen molar-refractivity contribution in [1.82, 2.24) is 0 Å². The van der Waals surface area contributed by atoms with Gasteiger partial charge in [0.25, 0.3) is 0 Å². The van der Waals surface area contributed by atoms with E-state index in [0.717, 1.165) is 0 Å². The Hall–Kier alpha value is -0.850. The van der Waals surface area contributed by atoms with E-state index in [1.807, 2.05) is 0 Å². The molecule has 1 aromatic heterocycles. The van der Waals surface area contributed by atoms with Crippen LogP contribution in [0.25, 0.3) is 0 Å². The zero-order valence-corrected chi connectivity index (χ0v) is 13.0. The van der Waals surface area contributed by atoms with Crippen molar-refractivity contribution in [1.29, 1.82) is 0 Å². The molecule has 108 valence electrons. The SMILES string of the molecule is CCCCCCCC[n+]1ccc(CCCCC)cc1. The predicted octanol–water partition coefficient (Wildman–Crippen LogP) is 5.07. The normalized spacial score (nSPS) is 10.8. The van der Waals surface area contributed by atoms with E-state index in [1.165, 1.54) is 76.3 Å². The Morgan fingerprint density at radius 3 is 2.00 bits per heavy atom. The molecular formula is C18H32N+. The lowest BCUT2D eigenvalue weighted by Crippen LogP contribution is -2.32. The van der Waals surface area contributed by atoms with Gasteiger partial charge >= 0.3 is 0 Å². The summed E-state index contributed by atoms with van der Waals surface area (Å²) in [7, 11) is 0. The molecule has 0 bridgehead atoms. The molecule has 1 nitrogen and oxygen atoms in total. The van der Waals surface area contributed by atoms with Crippen molar-refractivity contribution < 1.29 is 4.57 Å². The molecule has 0 spiro atoms. The highest BCUT2D eigenvalue weighted by Crippen LogP contribution is 2.06. The van der Waals surface area contributed by atoms with Crippen molar-refractivity contribution in [3.05, 3.63) is 30.1 Å². The smallest absolute Gasteiger partial charge is 0.169 e. The maximum absolute atomic E-state index is 2.34. The molecule has 0 aliphatic rings. The van der Waals surface area contributed by atoms with Crippen LogP contribution < -0.4 is 4.57 Å². The van der Waals surface area contributed by atoms with Gasteiger partial charge in [-0.15, -0.1) is 0 Å². The Bertz CT molecular complexity index is 302. The lowest BCUT2D eigenvalue weighted by Gasteiger charge is -2.01. The van der Waals surface area contributed by atoms with E-state index >= 15 is 0 Å². The van der Waals surface area contributed by atoms with E-state index in [-0.39, 0.29) is 0 Å².